The zero-order chi connectivity index (χ0) is 11.2. The summed E-state index contributed by atoms with van der Waals surface area (Å²) in [6, 6.07) is 0. The van der Waals surface area contributed by atoms with Crippen molar-refractivity contribution < 1.29 is 0 Å². The Morgan fingerprint density at radius 1 is 1.06 bits per heavy atom. The Labute approximate surface area is 101 Å². The fourth-order valence-corrected chi connectivity index (χ4v) is 3.08. The highest BCUT2D eigenvalue weighted by Gasteiger charge is 2.17. The molecule has 1 aliphatic heterocycles. The van der Waals surface area contributed by atoms with Gasteiger partial charge in [0.2, 0.25) is 0 Å². The van der Waals surface area contributed by atoms with E-state index in [1.807, 2.05) is 0 Å². The van der Waals surface area contributed by atoms with Gasteiger partial charge in [-0.05, 0) is 57.2 Å². The monoisotopic (exact) mass is 224 g/mol. The van der Waals surface area contributed by atoms with E-state index < -0.39 is 0 Å². The van der Waals surface area contributed by atoms with Crippen LogP contribution in [0.4, 0.5) is 0 Å². The molecule has 0 aromatic rings. The van der Waals surface area contributed by atoms with Crippen LogP contribution in [-0.4, -0.2) is 37.6 Å². The predicted octanol–water partition coefficient (Wildman–Crippen LogP) is 2.50. The number of hydrogen-bond acceptors (Lipinski definition) is 2. The summed E-state index contributed by atoms with van der Waals surface area (Å²) in [5.41, 5.74) is 0. The molecule has 2 rings (SSSR count). The standard InChI is InChI=1S/C14H28N2/c1-13-4-6-14(7-5-13)12-15-8-11-16-9-2-3-10-16/h13-15H,2-12H2,1H3. The lowest BCUT2D eigenvalue weighted by Crippen LogP contribution is -2.33. The third-order valence-electron chi connectivity index (χ3n) is 4.37. The quantitative estimate of drug-likeness (QED) is 0.722. The summed E-state index contributed by atoms with van der Waals surface area (Å²) in [5.74, 6) is 1.95. The van der Waals surface area contributed by atoms with Crippen molar-refractivity contribution in [3.05, 3.63) is 0 Å². The Balaban J connectivity index is 1.48. The Morgan fingerprint density at radius 3 is 2.44 bits per heavy atom. The lowest BCUT2D eigenvalue weighted by molar-refractivity contribution is 0.274. The molecular weight excluding hydrogens is 196 g/mol. The Kier molecular flexibility index (Phi) is 5.11. The van der Waals surface area contributed by atoms with Crippen molar-refractivity contribution in [1.82, 2.24) is 10.2 Å². The molecule has 2 nitrogen and oxygen atoms in total. The topological polar surface area (TPSA) is 15.3 Å². The molecule has 1 saturated carbocycles. The maximum Gasteiger partial charge on any atom is 0.0107 e. The maximum atomic E-state index is 3.66. The summed E-state index contributed by atoms with van der Waals surface area (Å²) < 4.78 is 0. The largest absolute Gasteiger partial charge is 0.315 e. The molecule has 16 heavy (non-hydrogen) atoms. The zero-order valence-corrected chi connectivity index (χ0v) is 10.9. The zero-order valence-electron chi connectivity index (χ0n) is 10.9. The highest BCUT2D eigenvalue weighted by atomic mass is 15.1. The van der Waals surface area contributed by atoms with Crippen molar-refractivity contribution in [3.63, 3.8) is 0 Å². The van der Waals surface area contributed by atoms with Crippen LogP contribution in [0.5, 0.6) is 0 Å². The molecule has 0 amide bonds. The average molecular weight is 224 g/mol. The fraction of sp³-hybridized carbons (Fsp3) is 1.00. The third kappa shape index (κ3) is 4.06. The van der Waals surface area contributed by atoms with Crippen LogP contribution in [0.1, 0.15) is 45.4 Å². The first-order valence-corrected chi connectivity index (χ1v) is 7.27. The van der Waals surface area contributed by atoms with Gasteiger partial charge in [-0.1, -0.05) is 19.8 Å². The summed E-state index contributed by atoms with van der Waals surface area (Å²) in [5, 5.41) is 3.66. The molecule has 2 aliphatic rings. The van der Waals surface area contributed by atoms with Gasteiger partial charge in [0.05, 0.1) is 0 Å². The Bertz CT molecular complexity index is 179. The second kappa shape index (κ2) is 6.61. The lowest BCUT2D eigenvalue weighted by Gasteiger charge is -2.26. The van der Waals surface area contributed by atoms with Gasteiger partial charge >= 0.3 is 0 Å². The van der Waals surface area contributed by atoms with Gasteiger partial charge in [-0.2, -0.15) is 0 Å². The summed E-state index contributed by atoms with van der Waals surface area (Å²) in [4.78, 5) is 2.59. The molecular formula is C14H28N2. The SMILES string of the molecule is CC1CCC(CNCCN2CCCC2)CC1. The molecule has 2 fully saturated rings. The van der Waals surface area contributed by atoms with E-state index in [1.165, 1.54) is 71.2 Å². The molecule has 0 unspecified atom stereocenters. The molecule has 0 radical (unpaired) electrons. The van der Waals surface area contributed by atoms with Crippen molar-refractivity contribution in [2.24, 2.45) is 11.8 Å². The van der Waals surface area contributed by atoms with E-state index in [4.69, 9.17) is 0 Å². The van der Waals surface area contributed by atoms with E-state index in [2.05, 4.69) is 17.1 Å². The number of rotatable bonds is 5. The maximum absolute atomic E-state index is 3.66. The number of likely N-dealkylation sites (tertiary alicyclic amines) is 1. The van der Waals surface area contributed by atoms with Gasteiger partial charge in [0, 0.05) is 13.1 Å². The van der Waals surface area contributed by atoms with E-state index in [0.717, 1.165) is 11.8 Å². The second-order valence-electron chi connectivity index (χ2n) is 5.88. The third-order valence-corrected chi connectivity index (χ3v) is 4.37. The van der Waals surface area contributed by atoms with Gasteiger partial charge in [0.15, 0.2) is 0 Å². The van der Waals surface area contributed by atoms with Crippen LogP contribution in [-0.2, 0) is 0 Å². The highest BCUT2D eigenvalue weighted by Crippen LogP contribution is 2.27. The molecule has 94 valence electrons. The van der Waals surface area contributed by atoms with Crippen molar-refractivity contribution in [2.45, 2.75) is 45.4 Å². The first kappa shape index (κ1) is 12.4. The molecule has 1 heterocycles. The molecule has 0 atom stereocenters. The van der Waals surface area contributed by atoms with E-state index in [-0.39, 0.29) is 0 Å². The van der Waals surface area contributed by atoms with Crippen molar-refractivity contribution >= 4 is 0 Å². The molecule has 0 bridgehead atoms. The van der Waals surface area contributed by atoms with Crippen LogP contribution in [0.3, 0.4) is 0 Å². The molecule has 0 aromatic carbocycles. The minimum Gasteiger partial charge on any atom is -0.315 e. The summed E-state index contributed by atoms with van der Waals surface area (Å²) in [6.07, 6.45) is 8.66. The summed E-state index contributed by atoms with van der Waals surface area (Å²) >= 11 is 0. The van der Waals surface area contributed by atoms with Gasteiger partial charge in [0.25, 0.3) is 0 Å². The highest BCUT2D eigenvalue weighted by molar-refractivity contribution is 4.72. The van der Waals surface area contributed by atoms with Crippen LogP contribution in [0.15, 0.2) is 0 Å². The van der Waals surface area contributed by atoms with Crippen molar-refractivity contribution in [3.8, 4) is 0 Å². The van der Waals surface area contributed by atoms with E-state index in [1.54, 1.807) is 0 Å². The second-order valence-corrected chi connectivity index (χ2v) is 5.88. The van der Waals surface area contributed by atoms with Gasteiger partial charge in [-0.15, -0.1) is 0 Å². The van der Waals surface area contributed by atoms with E-state index in [9.17, 15) is 0 Å². The molecule has 0 spiro atoms. The van der Waals surface area contributed by atoms with Crippen LogP contribution in [0.25, 0.3) is 0 Å². The van der Waals surface area contributed by atoms with Gasteiger partial charge in [-0.3, -0.25) is 0 Å². The fourth-order valence-electron chi connectivity index (χ4n) is 3.08. The minimum atomic E-state index is 0.967. The van der Waals surface area contributed by atoms with Crippen molar-refractivity contribution in [1.29, 1.82) is 0 Å². The Morgan fingerprint density at radius 2 is 1.75 bits per heavy atom. The molecule has 1 aliphatic carbocycles. The van der Waals surface area contributed by atoms with Crippen LogP contribution < -0.4 is 5.32 Å². The average Bonchev–Trinajstić information content (AvgIpc) is 2.80. The van der Waals surface area contributed by atoms with Crippen LogP contribution in [0, 0.1) is 11.8 Å². The predicted molar refractivity (Wildman–Crippen MR) is 69.7 cm³/mol. The first-order valence-electron chi connectivity index (χ1n) is 7.27. The first-order chi connectivity index (χ1) is 7.84. The Hall–Kier alpha value is -0.0800. The van der Waals surface area contributed by atoms with Gasteiger partial charge in [-0.25, -0.2) is 0 Å². The van der Waals surface area contributed by atoms with Crippen LogP contribution in [0.2, 0.25) is 0 Å². The number of hydrogen-bond donors (Lipinski definition) is 1. The molecule has 0 aromatic heterocycles. The molecule has 1 saturated heterocycles. The van der Waals surface area contributed by atoms with E-state index >= 15 is 0 Å². The summed E-state index contributed by atoms with van der Waals surface area (Å²) in [7, 11) is 0. The van der Waals surface area contributed by atoms with E-state index in [0.29, 0.717) is 0 Å². The van der Waals surface area contributed by atoms with Gasteiger partial charge < -0.3 is 10.2 Å². The van der Waals surface area contributed by atoms with Crippen LogP contribution >= 0.6 is 0 Å². The number of nitrogens with zero attached hydrogens (tertiary/aromatic N) is 1. The summed E-state index contributed by atoms with van der Waals surface area (Å²) in [6.45, 7) is 8.80. The number of nitrogens with one attached hydrogen (secondary N) is 1. The lowest BCUT2D eigenvalue weighted by atomic mass is 9.83. The normalized spacial score (nSPS) is 32.1. The van der Waals surface area contributed by atoms with Gasteiger partial charge in [0.1, 0.15) is 0 Å². The molecule has 1 N–H and O–H groups in total. The minimum absolute atomic E-state index is 0.967. The smallest absolute Gasteiger partial charge is 0.0107 e. The van der Waals surface area contributed by atoms with Crippen molar-refractivity contribution in [2.75, 3.05) is 32.7 Å². The molecule has 2 heteroatoms.